The predicted molar refractivity (Wildman–Crippen MR) is 157 cm³/mol. The molecule has 0 radical (unpaired) electrons. The largest absolute Gasteiger partial charge is 0.0842 e. The highest BCUT2D eigenvalue weighted by atomic mass is 14.5. The van der Waals surface area contributed by atoms with Gasteiger partial charge in [-0.2, -0.15) is 0 Å². The molecule has 0 nitrogen and oxygen atoms in total. The second-order valence-electron chi connectivity index (χ2n) is 12.8. The fourth-order valence-corrected chi connectivity index (χ4v) is 7.63. The van der Waals surface area contributed by atoms with E-state index in [2.05, 4.69) is 107 Å². The topological polar surface area (TPSA) is 0 Å². The first-order valence-corrected chi connectivity index (χ1v) is 14.1. The van der Waals surface area contributed by atoms with E-state index in [1.165, 1.54) is 45.0 Å². The maximum absolute atomic E-state index is 3.46. The molecule has 0 saturated carbocycles. The molecule has 0 heterocycles. The summed E-state index contributed by atoms with van der Waals surface area (Å²) < 4.78 is 0. The maximum Gasteiger partial charge on any atom is 0.0159 e. The van der Waals surface area contributed by atoms with Crippen LogP contribution in [0.15, 0.2) is 71.9 Å². The lowest BCUT2D eigenvalue weighted by atomic mass is 9.66. The third kappa shape index (κ3) is 3.23. The fraction of sp³-hybridized carbons (Fsp3) is 0.351. The predicted octanol–water partition coefficient (Wildman–Crippen LogP) is 7.39. The number of rotatable bonds is 1. The van der Waals surface area contributed by atoms with Crippen molar-refractivity contribution in [2.75, 3.05) is 0 Å². The Bertz CT molecular complexity index is 1700. The molecule has 0 N–H and O–H groups in total. The highest BCUT2D eigenvalue weighted by molar-refractivity contribution is 5.88. The molecule has 1 atom stereocenters. The van der Waals surface area contributed by atoms with Gasteiger partial charge in [-0.05, 0) is 106 Å². The van der Waals surface area contributed by atoms with Gasteiger partial charge in [0.1, 0.15) is 0 Å². The van der Waals surface area contributed by atoms with Gasteiger partial charge in [-0.3, -0.25) is 0 Å². The Morgan fingerprint density at radius 2 is 1.62 bits per heavy atom. The van der Waals surface area contributed by atoms with Crippen LogP contribution in [-0.2, 0) is 10.8 Å². The van der Waals surface area contributed by atoms with Gasteiger partial charge in [0.15, 0.2) is 0 Å². The Balaban J connectivity index is 1.38. The van der Waals surface area contributed by atoms with E-state index in [1.54, 1.807) is 27.5 Å². The molecule has 0 aromatic heterocycles. The van der Waals surface area contributed by atoms with Gasteiger partial charge in [0, 0.05) is 16.6 Å². The first-order chi connectivity index (χ1) is 17.8. The van der Waals surface area contributed by atoms with Crippen LogP contribution in [0.4, 0.5) is 0 Å². The Kier molecular flexibility index (Phi) is 4.85. The zero-order chi connectivity index (χ0) is 25.5. The molecular weight excluding hydrogens is 444 g/mol. The average Bonchev–Trinajstić information content (AvgIpc) is 3.13. The van der Waals surface area contributed by atoms with E-state index in [4.69, 9.17) is 0 Å². The van der Waals surface area contributed by atoms with E-state index < -0.39 is 0 Å². The molecule has 184 valence electrons. The van der Waals surface area contributed by atoms with Crippen molar-refractivity contribution < 1.29 is 0 Å². The average molecular weight is 481 g/mol. The van der Waals surface area contributed by atoms with Crippen LogP contribution in [-0.4, -0.2) is 0 Å². The highest BCUT2D eigenvalue weighted by Gasteiger charge is 2.49. The standard InChI is InChI=1S/C37H36/c1-23-20-30-35-33-28(23)12-9-13-29(33)36(2,3)31-21-27(22-32(34(31)35)37(30,4)5)26-18-16-25(17-19-26)15-14-24-10-7-6-8-11-24/h6-7,9-10,12-13,16,18,21-22,30H,8,11,17,19-20H2,1-5H3. The van der Waals surface area contributed by atoms with E-state index in [9.17, 15) is 0 Å². The van der Waals surface area contributed by atoms with Gasteiger partial charge < -0.3 is 0 Å². The summed E-state index contributed by atoms with van der Waals surface area (Å²) in [6.07, 6.45) is 16.6. The Hall–Kier alpha value is -3.30. The molecule has 0 saturated heterocycles. The molecule has 0 heteroatoms. The molecule has 2 aromatic rings. The molecule has 7 rings (SSSR count). The molecule has 0 spiro atoms. The molecule has 0 amide bonds. The molecule has 5 aliphatic rings. The highest BCUT2D eigenvalue weighted by Crippen LogP contribution is 2.57. The van der Waals surface area contributed by atoms with Crippen molar-refractivity contribution in [1.82, 2.24) is 0 Å². The van der Waals surface area contributed by atoms with Crippen LogP contribution >= 0.6 is 0 Å². The minimum atomic E-state index is -0.0125. The summed E-state index contributed by atoms with van der Waals surface area (Å²) in [5.74, 6) is 7.44. The maximum atomic E-state index is 3.46. The van der Waals surface area contributed by atoms with Crippen molar-refractivity contribution in [3.05, 3.63) is 110 Å². The van der Waals surface area contributed by atoms with Crippen molar-refractivity contribution in [2.24, 2.45) is 5.92 Å². The number of benzene rings is 2. The first-order valence-electron chi connectivity index (χ1n) is 14.1. The lowest BCUT2D eigenvalue weighted by Crippen LogP contribution is -2.45. The van der Waals surface area contributed by atoms with Crippen molar-refractivity contribution in [3.8, 4) is 11.8 Å². The minimum absolute atomic E-state index is 0.0125. The minimum Gasteiger partial charge on any atom is -0.0842 e. The Labute approximate surface area is 221 Å². The number of hydrogen-bond donors (Lipinski definition) is 0. The summed E-state index contributed by atoms with van der Waals surface area (Å²) in [6.45, 7) is 12.2. The summed E-state index contributed by atoms with van der Waals surface area (Å²) in [5, 5.41) is 3.05. The molecule has 2 aromatic carbocycles. The third-order valence-electron chi connectivity index (χ3n) is 9.89. The van der Waals surface area contributed by atoms with Gasteiger partial charge in [-0.25, -0.2) is 0 Å². The van der Waals surface area contributed by atoms with E-state index >= 15 is 0 Å². The van der Waals surface area contributed by atoms with Gasteiger partial charge in [-0.1, -0.05) is 99.8 Å². The van der Waals surface area contributed by atoms with Crippen LogP contribution in [0.1, 0.15) is 94.5 Å². The lowest BCUT2D eigenvalue weighted by Gasteiger charge is -2.37. The van der Waals surface area contributed by atoms with Crippen LogP contribution in [0.2, 0.25) is 0 Å². The SMILES string of the molecule is CC1=c2cccc3c2=C2c4c(cc(C5=CC=C(C#CC6=CC=CCC6)CC5)cc4C(C)(C)C2C1)C3(C)C. The first kappa shape index (κ1) is 22.9. The molecular formula is C37H36. The van der Waals surface area contributed by atoms with Gasteiger partial charge in [0.05, 0.1) is 0 Å². The van der Waals surface area contributed by atoms with Crippen LogP contribution in [0.3, 0.4) is 0 Å². The zero-order valence-corrected chi connectivity index (χ0v) is 22.9. The molecule has 37 heavy (non-hydrogen) atoms. The van der Waals surface area contributed by atoms with Crippen molar-refractivity contribution >= 4 is 16.7 Å². The van der Waals surface area contributed by atoms with Crippen LogP contribution in [0.5, 0.6) is 0 Å². The van der Waals surface area contributed by atoms with Crippen molar-refractivity contribution in [3.63, 3.8) is 0 Å². The van der Waals surface area contributed by atoms with Gasteiger partial charge in [-0.15, -0.1) is 0 Å². The van der Waals surface area contributed by atoms with Crippen LogP contribution in [0, 0.1) is 17.8 Å². The summed E-state index contributed by atoms with van der Waals surface area (Å²) in [4.78, 5) is 0. The molecule has 0 fully saturated rings. The Morgan fingerprint density at radius 3 is 2.35 bits per heavy atom. The second kappa shape index (κ2) is 7.85. The Morgan fingerprint density at radius 1 is 0.838 bits per heavy atom. The summed E-state index contributed by atoms with van der Waals surface area (Å²) in [7, 11) is 0. The van der Waals surface area contributed by atoms with Gasteiger partial charge in [0.25, 0.3) is 0 Å². The van der Waals surface area contributed by atoms with E-state index in [0.717, 1.165) is 25.7 Å². The van der Waals surface area contributed by atoms with E-state index in [-0.39, 0.29) is 10.8 Å². The van der Waals surface area contributed by atoms with Crippen molar-refractivity contribution in [2.45, 2.75) is 77.6 Å². The fourth-order valence-electron chi connectivity index (χ4n) is 7.63. The van der Waals surface area contributed by atoms with Crippen LogP contribution < -0.4 is 10.4 Å². The van der Waals surface area contributed by atoms with Crippen molar-refractivity contribution in [1.29, 1.82) is 0 Å². The summed E-state index contributed by atoms with van der Waals surface area (Å²) in [5.41, 5.74) is 14.9. The quantitative estimate of drug-likeness (QED) is 0.373. The van der Waals surface area contributed by atoms with E-state index in [0.29, 0.717) is 5.92 Å². The molecule has 5 aliphatic carbocycles. The summed E-state index contributed by atoms with van der Waals surface area (Å²) in [6, 6.07) is 12.1. The molecule has 0 aliphatic heterocycles. The van der Waals surface area contributed by atoms with Gasteiger partial charge >= 0.3 is 0 Å². The zero-order valence-electron chi connectivity index (χ0n) is 22.9. The monoisotopic (exact) mass is 480 g/mol. The molecule has 1 unspecified atom stereocenters. The number of allylic oxidation sites excluding steroid dienone is 8. The smallest absolute Gasteiger partial charge is 0.0159 e. The van der Waals surface area contributed by atoms with E-state index in [1.807, 2.05) is 0 Å². The van der Waals surface area contributed by atoms with Crippen LogP contribution in [0.25, 0.3) is 16.7 Å². The number of hydrogen-bond acceptors (Lipinski definition) is 0. The summed E-state index contributed by atoms with van der Waals surface area (Å²) >= 11 is 0. The molecule has 0 bridgehead atoms. The second-order valence-corrected chi connectivity index (χ2v) is 12.8. The lowest BCUT2D eigenvalue weighted by molar-refractivity contribution is 0.415. The normalized spacial score (nSPS) is 23.5. The third-order valence-corrected chi connectivity index (χ3v) is 9.89. The van der Waals surface area contributed by atoms with Gasteiger partial charge in [0.2, 0.25) is 0 Å².